The molecule has 0 spiro atoms. The molecular formula is C31H36Cl2N2O5S. The lowest BCUT2D eigenvalue weighted by molar-refractivity contribution is -0.136. The molecule has 3 aromatic carbocycles. The zero-order chi connectivity index (χ0) is 29.9. The van der Waals surface area contributed by atoms with Crippen molar-refractivity contribution >= 4 is 39.2 Å². The number of halogens is 2. The van der Waals surface area contributed by atoms with Crippen molar-refractivity contribution in [1.82, 2.24) is 9.62 Å². The number of hydrogen-bond donors (Lipinski definition) is 3. The monoisotopic (exact) mass is 618 g/mol. The number of aliphatic carboxylic acids is 1. The van der Waals surface area contributed by atoms with Crippen molar-refractivity contribution in [3.8, 4) is 11.1 Å². The van der Waals surface area contributed by atoms with Crippen LogP contribution in [0, 0.1) is 5.92 Å². The number of carboxylic acid groups (broad SMARTS) is 1. The third-order valence-electron chi connectivity index (χ3n) is 7.53. The average Bonchev–Trinajstić information content (AvgIpc) is 3.28. The van der Waals surface area contributed by atoms with E-state index in [1.165, 1.54) is 30.3 Å². The second-order valence-electron chi connectivity index (χ2n) is 11.5. The fourth-order valence-electron chi connectivity index (χ4n) is 5.56. The van der Waals surface area contributed by atoms with Gasteiger partial charge >= 0.3 is 5.97 Å². The van der Waals surface area contributed by atoms with Gasteiger partial charge in [0.2, 0.25) is 10.0 Å². The highest BCUT2D eigenvalue weighted by Gasteiger charge is 2.31. The van der Waals surface area contributed by atoms with E-state index in [0.717, 1.165) is 23.6 Å². The van der Waals surface area contributed by atoms with Crippen LogP contribution in [-0.4, -0.2) is 60.7 Å². The lowest BCUT2D eigenvalue weighted by Gasteiger charge is -2.31. The molecule has 1 atom stereocenters. The zero-order valence-corrected chi connectivity index (χ0v) is 25.7. The maximum Gasteiger partial charge on any atom is 0.307 e. The van der Waals surface area contributed by atoms with Crippen LogP contribution in [0.5, 0.6) is 0 Å². The van der Waals surface area contributed by atoms with Crippen molar-refractivity contribution in [1.29, 1.82) is 0 Å². The van der Waals surface area contributed by atoms with Gasteiger partial charge in [0.25, 0.3) is 0 Å². The predicted molar refractivity (Wildman–Crippen MR) is 163 cm³/mol. The first-order valence-corrected chi connectivity index (χ1v) is 15.7. The summed E-state index contributed by atoms with van der Waals surface area (Å²) in [7, 11) is -2.71. The molecule has 0 saturated carbocycles. The van der Waals surface area contributed by atoms with Gasteiger partial charge in [0.15, 0.2) is 0 Å². The minimum atomic E-state index is -4.10. The number of aliphatic hydroxyl groups excluding tert-OH is 1. The summed E-state index contributed by atoms with van der Waals surface area (Å²) in [4.78, 5) is 10.7. The molecule has 0 unspecified atom stereocenters. The van der Waals surface area contributed by atoms with Crippen LogP contribution in [0.25, 0.3) is 11.1 Å². The Labute approximate surface area is 252 Å². The van der Waals surface area contributed by atoms with Crippen LogP contribution in [0.3, 0.4) is 0 Å². The average molecular weight is 620 g/mol. The van der Waals surface area contributed by atoms with Crippen LogP contribution < -0.4 is 5.32 Å². The van der Waals surface area contributed by atoms with Gasteiger partial charge in [0.05, 0.1) is 22.6 Å². The zero-order valence-electron chi connectivity index (χ0n) is 23.4. The Morgan fingerprint density at radius 1 is 1.02 bits per heavy atom. The topological polar surface area (TPSA) is 107 Å². The highest BCUT2D eigenvalue weighted by molar-refractivity contribution is 7.89. The van der Waals surface area contributed by atoms with Crippen molar-refractivity contribution in [2.75, 3.05) is 20.1 Å². The largest absolute Gasteiger partial charge is 0.481 e. The highest BCUT2D eigenvalue weighted by atomic mass is 35.5. The van der Waals surface area contributed by atoms with E-state index in [1.807, 2.05) is 0 Å². The molecule has 10 heteroatoms. The molecule has 1 aliphatic carbocycles. The lowest BCUT2D eigenvalue weighted by atomic mass is 9.88. The summed E-state index contributed by atoms with van der Waals surface area (Å²) >= 11 is 12.9. The molecule has 220 valence electrons. The number of hydrogen-bond acceptors (Lipinski definition) is 5. The molecule has 3 aromatic rings. The number of aliphatic hydroxyl groups is 1. The molecule has 0 aromatic heterocycles. The van der Waals surface area contributed by atoms with E-state index in [2.05, 4.69) is 43.4 Å². The third-order valence-corrected chi connectivity index (χ3v) is 10.3. The molecule has 3 N–H and O–H groups in total. The highest BCUT2D eigenvalue weighted by Crippen LogP contribution is 2.36. The number of carboxylic acids is 1. The molecular weight excluding hydrogens is 583 g/mol. The Balaban J connectivity index is 1.37. The summed E-state index contributed by atoms with van der Waals surface area (Å²) in [5.74, 6) is -0.410. The summed E-state index contributed by atoms with van der Waals surface area (Å²) in [6, 6.07) is 18.4. The van der Waals surface area contributed by atoms with Crippen LogP contribution >= 0.6 is 23.2 Å². The van der Waals surface area contributed by atoms with Crippen molar-refractivity contribution in [2.45, 2.75) is 56.1 Å². The van der Waals surface area contributed by atoms with E-state index < -0.39 is 22.1 Å². The summed E-state index contributed by atoms with van der Waals surface area (Å²) < 4.78 is 27.9. The van der Waals surface area contributed by atoms with Gasteiger partial charge in [-0.2, -0.15) is 4.31 Å². The van der Waals surface area contributed by atoms with E-state index >= 15 is 0 Å². The smallest absolute Gasteiger partial charge is 0.307 e. The summed E-state index contributed by atoms with van der Waals surface area (Å²) in [5, 5.41) is 23.0. The number of benzene rings is 3. The Morgan fingerprint density at radius 2 is 1.59 bits per heavy atom. The molecule has 0 radical (unpaired) electrons. The van der Waals surface area contributed by atoms with Gasteiger partial charge in [-0.05, 0) is 79.0 Å². The normalized spacial score (nSPS) is 14.8. The number of β-amino-alcohol motifs (C(OH)–C–C–N with tert-alkyl or cyclic N) is 1. The van der Waals surface area contributed by atoms with Gasteiger partial charge in [-0.3, -0.25) is 4.79 Å². The van der Waals surface area contributed by atoms with E-state index in [0.29, 0.717) is 22.6 Å². The van der Waals surface area contributed by atoms with Crippen LogP contribution in [0.1, 0.15) is 37.0 Å². The Morgan fingerprint density at radius 3 is 2.12 bits per heavy atom. The number of sulfonamides is 1. The van der Waals surface area contributed by atoms with Crippen LogP contribution in [0.15, 0.2) is 65.6 Å². The number of nitrogens with zero attached hydrogens (tertiary/aromatic N) is 1. The second-order valence-corrected chi connectivity index (χ2v) is 14.3. The Kier molecular flexibility index (Phi) is 9.84. The van der Waals surface area contributed by atoms with Gasteiger partial charge in [-0.1, -0.05) is 71.7 Å². The minimum Gasteiger partial charge on any atom is -0.481 e. The van der Waals surface area contributed by atoms with E-state index in [1.54, 1.807) is 24.3 Å². The second kappa shape index (κ2) is 12.8. The van der Waals surface area contributed by atoms with Gasteiger partial charge < -0.3 is 15.5 Å². The maximum atomic E-state index is 13.4. The lowest BCUT2D eigenvalue weighted by Crippen LogP contribution is -2.47. The molecule has 0 bridgehead atoms. The number of fused-ring (bicyclic) bond motifs is 1. The molecule has 0 fully saturated rings. The van der Waals surface area contributed by atoms with Gasteiger partial charge in [0.1, 0.15) is 4.90 Å². The van der Waals surface area contributed by atoms with E-state index in [9.17, 15) is 18.3 Å². The summed E-state index contributed by atoms with van der Waals surface area (Å²) in [6.45, 7) is 4.29. The van der Waals surface area contributed by atoms with Gasteiger partial charge in [-0.15, -0.1) is 0 Å². The van der Waals surface area contributed by atoms with Crippen LogP contribution in [0.2, 0.25) is 10.0 Å². The third kappa shape index (κ3) is 7.89. The number of likely N-dealkylation sites (N-methyl/N-ethyl adjacent to an activating group) is 1. The first-order valence-electron chi connectivity index (χ1n) is 13.5. The molecule has 0 saturated heterocycles. The summed E-state index contributed by atoms with van der Waals surface area (Å²) in [6.07, 6.45) is 1.97. The number of carbonyl (C=O) groups is 1. The summed E-state index contributed by atoms with van der Waals surface area (Å²) in [5.41, 5.74) is 4.52. The van der Waals surface area contributed by atoms with Crippen LogP contribution in [-0.2, 0) is 34.1 Å². The van der Waals surface area contributed by atoms with Gasteiger partial charge in [0, 0.05) is 25.7 Å². The number of nitrogens with one attached hydrogen (secondary N) is 1. The molecule has 0 heterocycles. The Bertz CT molecular complexity index is 1460. The predicted octanol–water partition coefficient (Wildman–Crippen LogP) is 5.44. The molecule has 4 rings (SSSR count). The molecule has 41 heavy (non-hydrogen) atoms. The molecule has 7 nitrogen and oxygen atoms in total. The quantitative estimate of drug-likeness (QED) is 0.249. The molecule has 1 aliphatic rings. The van der Waals surface area contributed by atoms with Crippen molar-refractivity contribution in [3.63, 3.8) is 0 Å². The fourth-order valence-corrected chi connectivity index (χ4v) is 7.92. The van der Waals surface area contributed by atoms with Crippen molar-refractivity contribution in [3.05, 3.63) is 87.4 Å². The van der Waals surface area contributed by atoms with E-state index in [-0.39, 0.29) is 40.0 Å². The number of rotatable bonds is 12. The fraction of sp³-hybridized carbons (Fsp3) is 0.387. The van der Waals surface area contributed by atoms with Gasteiger partial charge in [-0.25, -0.2) is 8.42 Å². The first kappa shape index (κ1) is 31.5. The standard InChI is InChI=1S/C31H36Cl2N2O5S/c1-31(2,17-21-12-23-6-4-5-7-24(23)13-21)34-18-26(36)19-35(3)41(39,40)30-27(32)15-25(16-28(30)33)22-10-8-20(9-11-22)14-29(37)38/h4-11,15-16,21,26,34,36H,12-14,17-19H2,1-3H3,(H,37,38)/t26-/m1/s1. The van der Waals surface area contributed by atoms with Crippen LogP contribution in [0.4, 0.5) is 0 Å². The first-order chi connectivity index (χ1) is 19.2. The minimum absolute atomic E-state index is 0.0414. The SMILES string of the molecule is CN(C[C@H](O)CNC(C)(C)CC1Cc2ccccc2C1)S(=O)(=O)c1c(Cl)cc(-c2ccc(CC(=O)O)cc2)cc1Cl. The molecule has 0 amide bonds. The van der Waals surface area contributed by atoms with Crippen molar-refractivity contribution < 1.29 is 23.4 Å². The Hall–Kier alpha value is -2.46. The maximum absolute atomic E-state index is 13.4. The van der Waals surface area contributed by atoms with E-state index in [4.69, 9.17) is 28.3 Å². The van der Waals surface area contributed by atoms with Crippen molar-refractivity contribution in [2.24, 2.45) is 5.92 Å². The molecule has 0 aliphatic heterocycles.